The highest BCUT2D eigenvalue weighted by atomic mass is 16.3. The van der Waals surface area contributed by atoms with E-state index in [1.165, 1.54) is 47.2 Å². The Kier molecular flexibility index (Phi) is 10.7. The van der Waals surface area contributed by atoms with Gasteiger partial charge in [-0.05, 0) is 109 Å². The van der Waals surface area contributed by atoms with Crippen molar-refractivity contribution in [1.29, 1.82) is 0 Å². The Labute approximate surface area is 323 Å². The van der Waals surface area contributed by atoms with Crippen molar-refractivity contribution in [2.45, 2.75) is 58.0 Å². The number of amides is 3. The summed E-state index contributed by atoms with van der Waals surface area (Å²) < 4.78 is 0. The van der Waals surface area contributed by atoms with Gasteiger partial charge in [0.05, 0.1) is 17.8 Å². The molecule has 3 fully saturated rings. The number of benzene rings is 3. The fraction of sp³-hybridized carbons (Fsp3) is 0.378. The molecule has 0 saturated carbocycles. The smallest absolute Gasteiger partial charge is 0.256 e. The van der Waals surface area contributed by atoms with E-state index in [1.807, 2.05) is 24.3 Å². The number of aromatic nitrogens is 1. The highest BCUT2D eigenvalue weighted by molar-refractivity contribution is 6.05. The van der Waals surface area contributed by atoms with Crippen LogP contribution in [0.15, 0.2) is 91.0 Å². The van der Waals surface area contributed by atoms with Crippen molar-refractivity contribution in [2.75, 3.05) is 55.6 Å². The number of hydrogen-bond acceptors (Lipinski definition) is 8. The lowest BCUT2D eigenvalue weighted by Gasteiger charge is -2.37. The number of anilines is 2. The molecule has 0 radical (unpaired) electrons. The average Bonchev–Trinajstić information content (AvgIpc) is 3.55. The number of hydrogen-bond donors (Lipinski definition) is 2. The van der Waals surface area contributed by atoms with Gasteiger partial charge < -0.3 is 19.8 Å². The lowest BCUT2D eigenvalue weighted by Crippen LogP contribution is -2.52. The van der Waals surface area contributed by atoms with Gasteiger partial charge in [-0.2, -0.15) is 0 Å². The third kappa shape index (κ3) is 7.87. The summed E-state index contributed by atoms with van der Waals surface area (Å²) in [6.07, 6.45) is 5.10. The summed E-state index contributed by atoms with van der Waals surface area (Å²) in [6, 6.07) is 30.4. The monoisotopic (exact) mass is 738 g/mol. The van der Waals surface area contributed by atoms with Gasteiger partial charge in [0.25, 0.3) is 5.91 Å². The van der Waals surface area contributed by atoms with Gasteiger partial charge in [0.2, 0.25) is 11.8 Å². The number of aromatic hydroxyl groups is 1. The zero-order chi connectivity index (χ0) is 37.9. The van der Waals surface area contributed by atoms with Gasteiger partial charge in [-0.15, -0.1) is 0 Å². The van der Waals surface area contributed by atoms with E-state index < -0.39 is 11.9 Å². The molecule has 284 valence electrons. The third-order valence-electron chi connectivity index (χ3n) is 12.0. The molecule has 3 aromatic carbocycles. The van der Waals surface area contributed by atoms with Crippen LogP contribution in [0.3, 0.4) is 0 Å². The Bertz CT molecular complexity index is 2050. The van der Waals surface area contributed by atoms with Crippen LogP contribution in [-0.4, -0.2) is 89.5 Å². The first-order valence-electron chi connectivity index (χ1n) is 19.9. The minimum atomic E-state index is -0.626. The number of carbonyl (C=O) groups is 3. The number of piperazine rings is 1. The van der Waals surface area contributed by atoms with Crippen LogP contribution in [0, 0.1) is 5.92 Å². The summed E-state index contributed by atoms with van der Waals surface area (Å²) in [6.45, 7) is 9.48. The first-order chi connectivity index (χ1) is 26.8. The normalized spacial score (nSPS) is 20.1. The van der Waals surface area contributed by atoms with E-state index in [1.54, 1.807) is 17.0 Å². The molecule has 55 heavy (non-hydrogen) atoms. The second-order valence-electron chi connectivity index (χ2n) is 15.3. The van der Waals surface area contributed by atoms with Gasteiger partial charge in [0.1, 0.15) is 17.6 Å². The van der Waals surface area contributed by atoms with Crippen LogP contribution in [-0.2, 0) is 16.1 Å². The van der Waals surface area contributed by atoms with Crippen molar-refractivity contribution in [1.82, 2.24) is 20.1 Å². The molecule has 3 saturated heterocycles. The quantitative estimate of drug-likeness (QED) is 0.143. The second kappa shape index (κ2) is 16.1. The summed E-state index contributed by atoms with van der Waals surface area (Å²) in [4.78, 5) is 51.0. The lowest BCUT2D eigenvalue weighted by atomic mass is 9.88. The topological polar surface area (TPSA) is 109 Å². The zero-order valence-electron chi connectivity index (χ0n) is 31.6. The van der Waals surface area contributed by atoms with Crippen molar-refractivity contribution < 1.29 is 19.5 Å². The maximum atomic E-state index is 13.1. The number of piperidine rings is 2. The molecule has 0 aliphatic carbocycles. The third-order valence-corrected chi connectivity index (χ3v) is 12.0. The molecule has 10 nitrogen and oxygen atoms in total. The molecule has 3 amide bonds. The predicted molar refractivity (Wildman–Crippen MR) is 216 cm³/mol. The van der Waals surface area contributed by atoms with Gasteiger partial charge in [0, 0.05) is 51.4 Å². The van der Waals surface area contributed by atoms with E-state index in [0.29, 0.717) is 24.2 Å². The number of rotatable bonds is 10. The molecule has 1 atom stereocenters. The van der Waals surface area contributed by atoms with E-state index in [9.17, 15) is 19.5 Å². The average molecular weight is 739 g/mol. The zero-order valence-corrected chi connectivity index (χ0v) is 31.6. The second-order valence-corrected chi connectivity index (χ2v) is 15.3. The van der Waals surface area contributed by atoms with E-state index in [2.05, 4.69) is 81.5 Å². The molecular formula is C45H50N6O4. The maximum absolute atomic E-state index is 13.1. The number of nitrogens with zero attached hydrogens (tertiary/aromatic N) is 5. The van der Waals surface area contributed by atoms with Crippen LogP contribution in [0.2, 0.25) is 0 Å². The van der Waals surface area contributed by atoms with Crippen molar-refractivity contribution in [3.63, 3.8) is 0 Å². The Morgan fingerprint density at radius 1 is 0.764 bits per heavy atom. The highest BCUT2D eigenvalue weighted by Gasteiger charge is 2.40. The van der Waals surface area contributed by atoms with Gasteiger partial charge in [-0.3, -0.25) is 24.6 Å². The Balaban J connectivity index is 0.824. The Hall–Kier alpha value is -5.48. The molecule has 5 heterocycles. The number of carbonyl (C=O) groups excluding carboxylic acids is 3. The summed E-state index contributed by atoms with van der Waals surface area (Å²) >= 11 is 0. The predicted octanol–water partition coefficient (Wildman–Crippen LogP) is 6.35. The molecule has 1 aromatic heterocycles. The van der Waals surface area contributed by atoms with Gasteiger partial charge in [-0.1, -0.05) is 61.5 Å². The SMILES string of the molecule is CCC(=C(c1ccc(O)cc1)c1ccc(N2CCC(CCN3CCN(c4ccc5c(n4)CN(C4CCC(=O)NC4=O)C5=O)CC3)CC2)cc1)c1ccccc1. The molecule has 1 unspecified atom stereocenters. The van der Waals surface area contributed by atoms with Crippen molar-refractivity contribution >= 4 is 40.4 Å². The van der Waals surface area contributed by atoms with Crippen molar-refractivity contribution in [2.24, 2.45) is 5.92 Å². The van der Waals surface area contributed by atoms with E-state index in [4.69, 9.17) is 4.98 Å². The minimum Gasteiger partial charge on any atom is -0.508 e. The van der Waals surface area contributed by atoms with Crippen LogP contribution in [0.4, 0.5) is 11.5 Å². The van der Waals surface area contributed by atoms with Crippen molar-refractivity contribution in [3.8, 4) is 5.75 Å². The Morgan fingerprint density at radius 3 is 2.13 bits per heavy atom. The molecular weight excluding hydrogens is 689 g/mol. The molecule has 4 aromatic rings. The standard InChI is InChI=1S/C45H50N6O4/c1-2-37(32-6-4-3-5-7-32)43(34-10-14-36(52)15-11-34)33-8-12-35(13-9-33)49-24-21-31(22-25-49)20-23-48-26-28-50(29-27-48)41-18-16-38-39(46-41)30-51(45(38)55)40-17-19-42(53)47-44(40)54/h3-16,18,31,40,52H,2,17,19-30H2,1H3,(H,47,53,54). The first-order valence-corrected chi connectivity index (χ1v) is 19.9. The Morgan fingerprint density at radius 2 is 1.45 bits per heavy atom. The van der Waals surface area contributed by atoms with Crippen LogP contribution in [0.1, 0.15) is 78.2 Å². The summed E-state index contributed by atoms with van der Waals surface area (Å²) in [7, 11) is 0. The fourth-order valence-electron chi connectivity index (χ4n) is 8.79. The number of phenolic OH excluding ortho intramolecular Hbond substituents is 1. The molecule has 8 rings (SSSR count). The number of allylic oxidation sites excluding steroid dienone is 1. The lowest BCUT2D eigenvalue weighted by molar-refractivity contribution is -0.136. The first kappa shape index (κ1) is 36.5. The highest BCUT2D eigenvalue weighted by Crippen LogP contribution is 2.36. The maximum Gasteiger partial charge on any atom is 0.256 e. The summed E-state index contributed by atoms with van der Waals surface area (Å²) in [5, 5.41) is 12.4. The molecule has 0 bridgehead atoms. The van der Waals surface area contributed by atoms with Gasteiger partial charge >= 0.3 is 0 Å². The minimum absolute atomic E-state index is 0.185. The van der Waals surface area contributed by atoms with E-state index >= 15 is 0 Å². The molecule has 2 N–H and O–H groups in total. The largest absolute Gasteiger partial charge is 0.508 e. The molecule has 4 aliphatic heterocycles. The molecule has 10 heteroatoms. The van der Waals surface area contributed by atoms with E-state index in [0.717, 1.165) is 69.5 Å². The fourth-order valence-corrected chi connectivity index (χ4v) is 8.79. The number of nitrogens with one attached hydrogen (secondary N) is 1. The number of fused-ring (bicyclic) bond motifs is 1. The van der Waals surface area contributed by atoms with E-state index in [-0.39, 0.29) is 24.0 Å². The van der Waals surface area contributed by atoms with Crippen LogP contribution >= 0.6 is 0 Å². The molecule has 4 aliphatic rings. The van der Waals surface area contributed by atoms with Crippen LogP contribution in [0.5, 0.6) is 5.75 Å². The number of pyridine rings is 1. The van der Waals surface area contributed by atoms with Crippen LogP contribution in [0.25, 0.3) is 11.1 Å². The van der Waals surface area contributed by atoms with Gasteiger partial charge in [-0.25, -0.2) is 4.98 Å². The molecule has 0 spiro atoms. The summed E-state index contributed by atoms with van der Waals surface area (Å²) in [5.41, 5.74) is 8.54. The number of phenols is 1. The van der Waals surface area contributed by atoms with Crippen molar-refractivity contribution in [3.05, 3.63) is 119 Å². The number of imide groups is 1. The summed E-state index contributed by atoms with van der Waals surface area (Å²) in [5.74, 6) is 1.01. The van der Waals surface area contributed by atoms with Crippen LogP contribution < -0.4 is 15.1 Å². The van der Waals surface area contributed by atoms with Gasteiger partial charge in [0.15, 0.2) is 0 Å².